The van der Waals surface area contributed by atoms with E-state index >= 15 is 0 Å². The lowest BCUT2D eigenvalue weighted by molar-refractivity contribution is -0.914. The van der Waals surface area contributed by atoms with Gasteiger partial charge in [-0.3, -0.25) is 4.79 Å². The summed E-state index contributed by atoms with van der Waals surface area (Å²) >= 11 is 0. The lowest BCUT2D eigenvalue weighted by atomic mass is 10.1. The molecular formula is C18H25F3N3O3S+. The standard InChI is InChI=1S/C18H24F3N3O3S/c1-13(17(25)22-15-5-10-28(26,27)12-15)23-6-8-24(9-7-23)16-4-2-3-14(11-16)18(19,20)21/h2-4,11,13,15H,5-10,12H2,1H3,(H,22,25)/p+1/t13-,15+/m1/s1. The van der Waals surface area contributed by atoms with Gasteiger partial charge >= 0.3 is 6.18 Å². The van der Waals surface area contributed by atoms with Crippen molar-refractivity contribution in [2.75, 3.05) is 42.6 Å². The predicted molar refractivity (Wildman–Crippen MR) is 99.0 cm³/mol. The van der Waals surface area contributed by atoms with Gasteiger partial charge in [0.15, 0.2) is 15.9 Å². The van der Waals surface area contributed by atoms with E-state index in [9.17, 15) is 26.4 Å². The van der Waals surface area contributed by atoms with Gasteiger partial charge < -0.3 is 15.1 Å². The Kier molecular flexibility index (Phi) is 5.90. The van der Waals surface area contributed by atoms with Crippen molar-refractivity contribution in [3.05, 3.63) is 29.8 Å². The molecule has 2 N–H and O–H groups in total. The third kappa shape index (κ3) is 4.96. The number of sulfone groups is 1. The molecule has 0 bridgehead atoms. The Morgan fingerprint density at radius 2 is 1.96 bits per heavy atom. The van der Waals surface area contributed by atoms with E-state index in [0.717, 1.165) is 17.0 Å². The lowest BCUT2D eigenvalue weighted by Crippen LogP contribution is -3.19. The zero-order chi connectivity index (χ0) is 20.5. The van der Waals surface area contributed by atoms with E-state index in [1.807, 2.05) is 4.90 Å². The zero-order valence-corrected chi connectivity index (χ0v) is 16.4. The molecule has 156 valence electrons. The molecule has 1 amide bonds. The fourth-order valence-electron chi connectivity index (χ4n) is 3.78. The highest BCUT2D eigenvalue weighted by atomic mass is 32.2. The normalized spacial score (nSPS) is 24.1. The quantitative estimate of drug-likeness (QED) is 0.725. The van der Waals surface area contributed by atoms with E-state index < -0.39 is 21.6 Å². The van der Waals surface area contributed by atoms with Crippen LogP contribution in [-0.4, -0.2) is 64.1 Å². The molecule has 0 saturated carbocycles. The number of alkyl halides is 3. The van der Waals surface area contributed by atoms with Crippen molar-refractivity contribution >= 4 is 21.4 Å². The topological polar surface area (TPSA) is 70.9 Å². The van der Waals surface area contributed by atoms with Crippen LogP contribution < -0.4 is 15.1 Å². The molecule has 10 heteroatoms. The molecule has 1 aromatic carbocycles. The Morgan fingerprint density at radius 1 is 1.29 bits per heavy atom. The number of halogens is 3. The average molecular weight is 420 g/mol. The molecule has 0 aromatic heterocycles. The van der Waals surface area contributed by atoms with Crippen molar-refractivity contribution < 1.29 is 31.3 Å². The maximum atomic E-state index is 12.9. The third-order valence-corrected chi connectivity index (χ3v) is 7.30. The van der Waals surface area contributed by atoms with Gasteiger partial charge in [0, 0.05) is 11.7 Å². The Balaban J connectivity index is 1.54. The number of piperazine rings is 1. The van der Waals surface area contributed by atoms with Crippen LogP contribution in [0.4, 0.5) is 18.9 Å². The molecule has 0 spiro atoms. The summed E-state index contributed by atoms with van der Waals surface area (Å²) in [4.78, 5) is 15.4. The van der Waals surface area contributed by atoms with Gasteiger partial charge in [-0.2, -0.15) is 13.2 Å². The number of benzene rings is 1. The number of nitrogens with one attached hydrogen (secondary N) is 2. The summed E-state index contributed by atoms with van der Waals surface area (Å²) in [6.45, 7) is 4.13. The van der Waals surface area contributed by atoms with Crippen molar-refractivity contribution in [2.24, 2.45) is 0 Å². The number of hydrogen-bond acceptors (Lipinski definition) is 4. The number of carbonyl (C=O) groups excluding carboxylic acids is 1. The Bertz CT molecular complexity index is 821. The predicted octanol–water partition coefficient (Wildman–Crippen LogP) is 0.102. The van der Waals surface area contributed by atoms with E-state index in [0.29, 0.717) is 38.3 Å². The second kappa shape index (κ2) is 7.90. The molecule has 0 radical (unpaired) electrons. The molecule has 2 fully saturated rings. The Morgan fingerprint density at radius 3 is 2.54 bits per heavy atom. The van der Waals surface area contributed by atoms with Crippen LogP contribution >= 0.6 is 0 Å². The van der Waals surface area contributed by atoms with Crippen molar-refractivity contribution in [1.29, 1.82) is 0 Å². The van der Waals surface area contributed by atoms with Crippen molar-refractivity contribution in [3.8, 4) is 0 Å². The summed E-state index contributed by atoms with van der Waals surface area (Å²) in [7, 11) is -3.05. The number of nitrogens with zero attached hydrogens (tertiary/aromatic N) is 1. The number of amides is 1. The molecule has 28 heavy (non-hydrogen) atoms. The summed E-state index contributed by atoms with van der Waals surface area (Å²) in [5.74, 6) is -0.0801. The fraction of sp³-hybridized carbons (Fsp3) is 0.611. The van der Waals surface area contributed by atoms with E-state index in [4.69, 9.17) is 0 Å². The van der Waals surface area contributed by atoms with Crippen LogP contribution in [0.3, 0.4) is 0 Å². The number of carbonyl (C=O) groups is 1. The first-order valence-corrected chi connectivity index (χ1v) is 11.1. The largest absolute Gasteiger partial charge is 0.416 e. The van der Waals surface area contributed by atoms with Gasteiger partial charge in [0.1, 0.15) is 0 Å². The van der Waals surface area contributed by atoms with E-state index in [1.165, 1.54) is 6.07 Å². The summed E-state index contributed by atoms with van der Waals surface area (Å²) in [6, 6.07) is 4.61. The van der Waals surface area contributed by atoms with Crippen molar-refractivity contribution in [1.82, 2.24) is 5.32 Å². The minimum Gasteiger partial charge on any atom is -0.360 e. The van der Waals surface area contributed by atoms with Crippen molar-refractivity contribution in [3.63, 3.8) is 0 Å². The van der Waals surface area contributed by atoms with Gasteiger partial charge in [0.05, 0.1) is 43.2 Å². The van der Waals surface area contributed by atoms with Gasteiger partial charge in [-0.1, -0.05) is 6.07 Å². The maximum absolute atomic E-state index is 12.9. The van der Waals surface area contributed by atoms with E-state index in [-0.39, 0.29) is 29.5 Å². The van der Waals surface area contributed by atoms with Gasteiger partial charge in [0.25, 0.3) is 5.91 Å². The molecule has 6 nitrogen and oxygen atoms in total. The highest BCUT2D eigenvalue weighted by molar-refractivity contribution is 7.91. The highest BCUT2D eigenvalue weighted by Gasteiger charge is 2.35. The SMILES string of the molecule is C[C@H](C(=O)N[C@H]1CCS(=O)(=O)C1)[NH+]1CCN(c2cccc(C(F)(F)F)c2)CC1. The second-order valence-corrected chi connectivity index (χ2v) is 9.75. The lowest BCUT2D eigenvalue weighted by Gasteiger charge is -2.36. The first-order chi connectivity index (χ1) is 13.0. The van der Waals surface area contributed by atoms with Crippen LogP contribution in [-0.2, 0) is 20.8 Å². The summed E-state index contributed by atoms with van der Waals surface area (Å²) in [5, 5.41) is 2.82. The third-order valence-electron chi connectivity index (χ3n) is 5.53. The second-order valence-electron chi connectivity index (χ2n) is 7.52. The van der Waals surface area contributed by atoms with Crippen LogP contribution in [0.15, 0.2) is 24.3 Å². The van der Waals surface area contributed by atoms with Crippen molar-refractivity contribution in [2.45, 2.75) is 31.6 Å². The van der Waals surface area contributed by atoms with E-state index in [2.05, 4.69) is 5.32 Å². The first-order valence-electron chi connectivity index (χ1n) is 9.33. The number of hydrogen-bond donors (Lipinski definition) is 2. The smallest absolute Gasteiger partial charge is 0.360 e. The summed E-state index contributed by atoms with van der Waals surface area (Å²) in [5.41, 5.74) is -0.138. The molecule has 1 aromatic rings. The molecule has 3 rings (SSSR count). The molecule has 2 atom stereocenters. The molecule has 2 heterocycles. The summed E-state index contributed by atoms with van der Waals surface area (Å²) < 4.78 is 61.7. The molecule has 2 aliphatic heterocycles. The molecule has 0 aliphatic carbocycles. The van der Waals surface area contributed by atoms with Crippen LogP contribution in [0.1, 0.15) is 18.9 Å². The Labute approximate surface area is 162 Å². The van der Waals surface area contributed by atoms with Crippen LogP contribution in [0.2, 0.25) is 0 Å². The van der Waals surface area contributed by atoms with Gasteiger partial charge in [-0.25, -0.2) is 8.42 Å². The fourth-order valence-corrected chi connectivity index (χ4v) is 5.46. The number of rotatable bonds is 4. The number of quaternary nitrogens is 1. The first kappa shape index (κ1) is 20.9. The maximum Gasteiger partial charge on any atom is 0.416 e. The molecule has 0 unspecified atom stereocenters. The molecular weight excluding hydrogens is 395 g/mol. The Hall–Kier alpha value is -1.81. The molecule has 2 saturated heterocycles. The minimum atomic E-state index is -4.37. The average Bonchev–Trinajstić information content (AvgIpc) is 2.99. The summed E-state index contributed by atoms with van der Waals surface area (Å²) in [6.07, 6.45) is -3.93. The highest BCUT2D eigenvalue weighted by Crippen LogP contribution is 2.31. The minimum absolute atomic E-state index is 0.00980. The number of anilines is 1. The van der Waals surface area contributed by atoms with Gasteiger partial charge in [-0.05, 0) is 31.5 Å². The monoisotopic (exact) mass is 420 g/mol. The van der Waals surface area contributed by atoms with Gasteiger partial charge in [0.2, 0.25) is 0 Å². The zero-order valence-electron chi connectivity index (χ0n) is 15.6. The van der Waals surface area contributed by atoms with Crippen LogP contribution in [0.25, 0.3) is 0 Å². The van der Waals surface area contributed by atoms with Gasteiger partial charge in [-0.15, -0.1) is 0 Å². The van der Waals surface area contributed by atoms with Crippen LogP contribution in [0.5, 0.6) is 0 Å². The van der Waals surface area contributed by atoms with E-state index in [1.54, 1.807) is 13.0 Å². The molecule has 2 aliphatic rings. The van der Waals surface area contributed by atoms with Crippen LogP contribution in [0, 0.1) is 0 Å².